The Labute approximate surface area is 164 Å². The fourth-order valence-electron chi connectivity index (χ4n) is 3.27. The van der Waals surface area contributed by atoms with Crippen molar-refractivity contribution in [1.82, 2.24) is 14.5 Å². The third-order valence-corrected chi connectivity index (χ3v) is 6.77. The number of carbonyl (C=O) groups excluding carboxylic acids is 1. The van der Waals surface area contributed by atoms with E-state index >= 15 is 0 Å². The highest BCUT2D eigenvalue weighted by molar-refractivity contribution is 9.09. The molecule has 136 valence electrons. The van der Waals surface area contributed by atoms with Gasteiger partial charge in [-0.25, -0.2) is 4.98 Å². The molecule has 4 rings (SSSR count). The molecule has 2 aliphatic rings. The van der Waals surface area contributed by atoms with Gasteiger partial charge in [-0.3, -0.25) is 14.2 Å². The highest BCUT2D eigenvalue weighted by Crippen LogP contribution is 2.36. The Morgan fingerprint density at radius 3 is 2.69 bits per heavy atom. The molecule has 0 spiro atoms. The van der Waals surface area contributed by atoms with Gasteiger partial charge in [0.05, 0.1) is 28.8 Å². The number of fused-ring (bicyclic) bond motifs is 1. The SMILES string of the molecule is O=C(CBr)N1CCc2nc(SC3CCC3)n(-c3ccccc3)c(=O)c2C1. The molecule has 0 bridgehead atoms. The van der Waals surface area contributed by atoms with Crippen molar-refractivity contribution >= 4 is 33.6 Å². The summed E-state index contributed by atoms with van der Waals surface area (Å²) >= 11 is 4.93. The Morgan fingerprint density at radius 1 is 1.27 bits per heavy atom. The van der Waals surface area contributed by atoms with Crippen molar-refractivity contribution in [3.8, 4) is 5.69 Å². The second-order valence-corrected chi connectivity index (χ2v) is 8.49. The van der Waals surface area contributed by atoms with Crippen LogP contribution in [0.3, 0.4) is 0 Å². The highest BCUT2D eigenvalue weighted by atomic mass is 79.9. The summed E-state index contributed by atoms with van der Waals surface area (Å²) in [6.07, 6.45) is 4.25. The zero-order valence-electron chi connectivity index (χ0n) is 14.4. The Bertz CT molecular complexity index is 880. The number of nitrogens with zero attached hydrogens (tertiary/aromatic N) is 3. The van der Waals surface area contributed by atoms with Gasteiger partial charge in [-0.1, -0.05) is 52.3 Å². The van der Waals surface area contributed by atoms with Gasteiger partial charge >= 0.3 is 0 Å². The van der Waals surface area contributed by atoms with E-state index < -0.39 is 0 Å². The van der Waals surface area contributed by atoms with Crippen LogP contribution in [-0.2, 0) is 17.8 Å². The molecule has 1 fully saturated rings. The maximum absolute atomic E-state index is 13.3. The van der Waals surface area contributed by atoms with Crippen molar-refractivity contribution in [3.05, 3.63) is 51.9 Å². The summed E-state index contributed by atoms with van der Waals surface area (Å²) in [5, 5.41) is 1.60. The van der Waals surface area contributed by atoms with Gasteiger partial charge in [0.2, 0.25) is 5.91 Å². The molecule has 2 aromatic rings. The number of hydrogen-bond donors (Lipinski definition) is 0. The second kappa shape index (κ2) is 7.56. The lowest BCUT2D eigenvalue weighted by molar-refractivity contribution is -0.129. The van der Waals surface area contributed by atoms with Crippen LogP contribution in [0.5, 0.6) is 0 Å². The van der Waals surface area contributed by atoms with E-state index in [0.717, 1.165) is 16.5 Å². The van der Waals surface area contributed by atoms with Gasteiger partial charge in [0.15, 0.2) is 5.16 Å². The van der Waals surface area contributed by atoms with E-state index in [1.165, 1.54) is 19.3 Å². The first kappa shape index (κ1) is 17.8. The summed E-state index contributed by atoms with van der Waals surface area (Å²) in [6.45, 7) is 0.958. The van der Waals surface area contributed by atoms with E-state index in [1.54, 1.807) is 21.2 Å². The van der Waals surface area contributed by atoms with Gasteiger partial charge in [-0.2, -0.15) is 0 Å². The highest BCUT2D eigenvalue weighted by Gasteiger charge is 2.28. The number of para-hydroxylation sites is 1. The largest absolute Gasteiger partial charge is 0.337 e. The fraction of sp³-hybridized carbons (Fsp3) is 0.421. The van der Waals surface area contributed by atoms with E-state index in [1.807, 2.05) is 30.3 Å². The average molecular weight is 434 g/mol. The molecule has 0 atom stereocenters. The first-order chi connectivity index (χ1) is 12.7. The van der Waals surface area contributed by atoms with E-state index in [2.05, 4.69) is 15.9 Å². The standard InChI is InChI=1S/C19H20BrN3O2S/c20-11-17(24)22-10-9-16-15(12-22)18(25)23(13-5-2-1-3-6-13)19(21-16)26-14-7-4-8-14/h1-3,5-6,14H,4,7-12H2. The van der Waals surface area contributed by atoms with Gasteiger partial charge in [0.1, 0.15) is 0 Å². The molecule has 0 N–H and O–H groups in total. The Kier molecular flexibility index (Phi) is 5.18. The van der Waals surface area contributed by atoms with Crippen LogP contribution in [0.15, 0.2) is 40.3 Å². The fourth-order valence-corrected chi connectivity index (χ4v) is 4.95. The summed E-state index contributed by atoms with van der Waals surface area (Å²) < 4.78 is 1.73. The van der Waals surface area contributed by atoms with Gasteiger partial charge in [0.25, 0.3) is 5.56 Å². The molecule has 7 heteroatoms. The van der Waals surface area contributed by atoms with E-state index in [4.69, 9.17) is 4.98 Å². The zero-order valence-corrected chi connectivity index (χ0v) is 16.8. The van der Waals surface area contributed by atoms with Crippen LogP contribution in [0.4, 0.5) is 0 Å². The number of amides is 1. The number of hydrogen-bond acceptors (Lipinski definition) is 4. The van der Waals surface area contributed by atoms with Crippen LogP contribution in [0.2, 0.25) is 0 Å². The Hall–Kier alpha value is -1.60. The van der Waals surface area contributed by atoms with Gasteiger partial charge in [-0.05, 0) is 25.0 Å². The van der Waals surface area contributed by atoms with Crippen molar-refractivity contribution in [3.63, 3.8) is 0 Å². The van der Waals surface area contributed by atoms with E-state index in [0.29, 0.717) is 30.3 Å². The molecule has 1 aromatic carbocycles. The zero-order chi connectivity index (χ0) is 18.1. The van der Waals surface area contributed by atoms with Crippen molar-refractivity contribution < 1.29 is 4.79 Å². The minimum absolute atomic E-state index is 0.00855. The molecular weight excluding hydrogens is 414 g/mol. The number of alkyl halides is 1. The number of thioether (sulfide) groups is 1. The first-order valence-electron chi connectivity index (χ1n) is 8.88. The monoisotopic (exact) mass is 433 g/mol. The summed E-state index contributed by atoms with van der Waals surface area (Å²) in [6, 6.07) is 9.67. The number of aromatic nitrogens is 2. The van der Waals surface area contributed by atoms with Crippen LogP contribution < -0.4 is 5.56 Å². The summed E-state index contributed by atoms with van der Waals surface area (Å²) in [5.41, 5.74) is 2.28. The van der Waals surface area contributed by atoms with Gasteiger partial charge in [0, 0.05) is 18.2 Å². The second-order valence-electron chi connectivity index (χ2n) is 6.67. The molecule has 0 unspecified atom stereocenters. The lowest BCUT2D eigenvalue weighted by atomic mass is 10.0. The minimum atomic E-state index is -0.0462. The molecule has 5 nitrogen and oxygen atoms in total. The molecule has 1 aliphatic heterocycles. The first-order valence-corrected chi connectivity index (χ1v) is 10.9. The van der Waals surface area contributed by atoms with Crippen LogP contribution in [0, 0.1) is 0 Å². The topological polar surface area (TPSA) is 55.2 Å². The van der Waals surface area contributed by atoms with Gasteiger partial charge < -0.3 is 4.90 Å². The maximum atomic E-state index is 13.3. The Balaban J connectivity index is 1.80. The maximum Gasteiger partial charge on any atom is 0.264 e. The van der Waals surface area contributed by atoms with Crippen LogP contribution in [-0.4, -0.2) is 37.5 Å². The third kappa shape index (κ3) is 3.34. The third-order valence-electron chi connectivity index (χ3n) is 5.00. The molecule has 2 heterocycles. The number of rotatable bonds is 4. The smallest absolute Gasteiger partial charge is 0.264 e. The molecule has 1 amide bonds. The normalized spacial score (nSPS) is 16.9. The van der Waals surface area contributed by atoms with Crippen LogP contribution in [0.25, 0.3) is 5.69 Å². The summed E-state index contributed by atoms with van der Waals surface area (Å²) in [7, 11) is 0. The van der Waals surface area contributed by atoms with Crippen LogP contribution >= 0.6 is 27.7 Å². The molecule has 1 saturated carbocycles. The summed E-state index contributed by atoms with van der Waals surface area (Å²) in [5.74, 6) is 0.00855. The van der Waals surface area contributed by atoms with Crippen molar-refractivity contribution in [2.75, 3.05) is 11.9 Å². The van der Waals surface area contributed by atoms with Crippen molar-refractivity contribution in [2.45, 2.75) is 42.6 Å². The predicted molar refractivity (Wildman–Crippen MR) is 106 cm³/mol. The lowest BCUT2D eigenvalue weighted by Gasteiger charge is -2.30. The van der Waals surface area contributed by atoms with Crippen LogP contribution in [0.1, 0.15) is 30.5 Å². The number of benzene rings is 1. The van der Waals surface area contributed by atoms with Gasteiger partial charge in [-0.15, -0.1) is 0 Å². The van der Waals surface area contributed by atoms with E-state index in [9.17, 15) is 9.59 Å². The lowest BCUT2D eigenvalue weighted by Crippen LogP contribution is -2.41. The molecular formula is C19H20BrN3O2S. The molecule has 1 aromatic heterocycles. The molecule has 0 saturated heterocycles. The quantitative estimate of drug-likeness (QED) is 0.548. The average Bonchev–Trinajstić information content (AvgIpc) is 2.64. The predicted octanol–water partition coefficient (Wildman–Crippen LogP) is 3.16. The molecule has 0 radical (unpaired) electrons. The minimum Gasteiger partial charge on any atom is -0.337 e. The summed E-state index contributed by atoms with van der Waals surface area (Å²) in [4.78, 5) is 32.0. The number of carbonyl (C=O) groups is 1. The van der Waals surface area contributed by atoms with Crippen molar-refractivity contribution in [1.29, 1.82) is 0 Å². The molecule has 26 heavy (non-hydrogen) atoms. The van der Waals surface area contributed by atoms with E-state index in [-0.39, 0.29) is 16.8 Å². The molecule has 1 aliphatic carbocycles. The number of halogens is 1. The van der Waals surface area contributed by atoms with Crippen molar-refractivity contribution in [2.24, 2.45) is 0 Å². The Morgan fingerprint density at radius 2 is 2.04 bits per heavy atom.